The zero-order valence-corrected chi connectivity index (χ0v) is 17.8. The molecular weight excluding hydrogens is 407 g/mol. The van der Waals surface area contributed by atoms with Crippen molar-refractivity contribution in [1.82, 2.24) is 16.0 Å². The summed E-state index contributed by atoms with van der Waals surface area (Å²) in [4.78, 5) is 15.6. The number of halogens is 1. The van der Waals surface area contributed by atoms with Crippen LogP contribution in [0.15, 0.2) is 4.99 Å². The highest BCUT2D eigenvalue weighted by Crippen LogP contribution is 2.06. The first-order valence-corrected chi connectivity index (χ1v) is 8.16. The molecule has 0 spiro atoms. The van der Waals surface area contributed by atoms with Crippen molar-refractivity contribution in [2.45, 2.75) is 59.5 Å². The van der Waals surface area contributed by atoms with Crippen LogP contribution in [0.1, 0.15) is 53.9 Å². The minimum absolute atomic E-state index is 0. The average Bonchev–Trinajstić information content (AvgIpc) is 2.38. The van der Waals surface area contributed by atoms with Crippen LogP contribution in [-0.2, 0) is 4.74 Å². The highest BCUT2D eigenvalue weighted by Gasteiger charge is 2.15. The van der Waals surface area contributed by atoms with Crippen molar-refractivity contribution in [3.8, 4) is 0 Å². The van der Waals surface area contributed by atoms with Gasteiger partial charge < -0.3 is 20.7 Å². The summed E-state index contributed by atoms with van der Waals surface area (Å²) >= 11 is 0. The van der Waals surface area contributed by atoms with E-state index in [2.05, 4.69) is 34.8 Å². The van der Waals surface area contributed by atoms with E-state index in [1.165, 1.54) is 6.42 Å². The number of guanidine groups is 1. The van der Waals surface area contributed by atoms with Crippen molar-refractivity contribution in [3.05, 3.63) is 0 Å². The Balaban J connectivity index is 0. The maximum Gasteiger partial charge on any atom is 0.407 e. The zero-order valence-electron chi connectivity index (χ0n) is 15.5. The van der Waals surface area contributed by atoms with Crippen molar-refractivity contribution < 1.29 is 9.53 Å². The second-order valence-corrected chi connectivity index (χ2v) is 6.74. The molecule has 0 aliphatic carbocycles. The van der Waals surface area contributed by atoms with Gasteiger partial charge in [-0.05, 0) is 46.0 Å². The van der Waals surface area contributed by atoms with Gasteiger partial charge in [-0.1, -0.05) is 13.8 Å². The first-order chi connectivity index (χ1) is 10.2. The number of hydrogen-bond acceptors (Lipinski definition) is 3. The number of aliphatic imine (C=N–C) groups is 1. The summed E-state index contributed by atoms with van der Waals surface area (Å²) in [7, 11) is 1.76. The Kier molecular flexibility index (Phi) is 14.6. The Labute approximate surface area is 158 Å². The Morgan fingerprint density at radius 1 is 1.04 bits per heavy atom. The molecule has 0 aliphatic heterocycles. The summed E-state index contributed by atoms with van der Waals surface area (Å²) < 4.78 is 5.16. The summed E-state index contributed by atoms with van der Waals surface area (Å²) in [6, 6.07) is 0. The molecule has 3 N–H and O–H groups in total. The third kappa shape index (κ3) is 17.5. The van der Waals surface area contributed by atoms with E-state index in [0.717, 1.165) is 37.8 Å². The largest absolute Gasteiger partial charge is 0.444 e. The number of alkyl carbamates (subject to hydrolysis) is 1. The Hall–Kier alpha value is -0.730. The van der Waals surface area contributed by atoms with Crippen LogP contribution in [0.2, 0.25) is 0 Å². The van der Waals surface area contributed by atoms with Crippen LogP contribution in [0.4, 0.5) is 4.79 Å². The molecule has 138 valence electrons. The number of hydrogen-bond donors (Lipinski definition) is 3. The highest BCUT2D eigenvalue weighted by molar-refractivity contribution is 14.0. The fraction of sp³-hybridized carbons (Fsp3) is 0.875. The Bertz CT molecular complexity index is 341. The minimum atomic E-state index is -0.454. The van der Waals surface area contributed by atoms with Gasteiger partial charge in [-0.2, -0.15) is 0 Å². The standard InChI is InChI=1S/C16H34N4O2.HI/c1-13(2)9-7-10-18-14(17-6)19-11-8-12-20-15(21)22-16(3,4)5;/h13H,7-12H2,1-6H3,(H,20,21)(H2,17,18,19);1H. The molecular formula is C16H35IN4O2. The molecule has 23 heavy (non-hydrogen) atoms. The smallest absolute Gasteiger partial charge is 0.407 e. The van der Waals surface area contributed by atoms with Crippen molar-refractivity contribution in [2.75, 3.05) is 26.7 Å². The normalized spacial score (nSPS) is 11.7. The van der Waals surface area contributed by atoms with Gasteiger partial charge in [0.2, 0.25) is 0 Å². The van der Waals surface area contributed by atoms with Crippen LogP contribution < -0.4 is 16.0 Å². The van der Waals surface area contributed by atoms with Crippen molar-refractivity contribution >= 4 is 36.0 Å². The number of carbonyl (C=O) groups is 1. The average molecular weight is 442 g/mol. The quantitative estimate of drug-likeness (QED) is 0.234. The van der Waals surface area contributed by atoms with Gasteiger partial charge in [-0.25, -0.2) is 4.79 Å². The van der Waals surface area contributed by atoms with Crippen molar-refractivity contribution in [2.24, 2.45) is 10.9 Å². The fourth-order valence-electron chi connectivity index (χ4n) is 1.74. The van der Waals surface area contributed by atoms with Gasteiger partial charge >= 0.3 is 6.09 Å². The number of nitrogens with zero attached hydrogens (tertiary/aromatic N) is 1. The maximum atomic E-state index is 11.5. The van der Waals surface area contributed by atoms with E-state index >= 15 is 0 Å². The van der Waals surface area contributed by atoms with Crippen LogP contribution in [0.5, 0.6) is 0 Å². The monoisotopic (exact) mass is 442 g/mol. The lowest BCUT2D eigenvalue weighted by Crippen LogP contribution is -2.39. The number of carbonyl (C=O) groups excluding carboxylic acids is 1. The van der Waals surface area contributed by atoms with Gasteiger partial charge in [-0.3, -0.25) is 4.99 Å². The first-order valence-electron chi connectivity index (χ1n) is 8.16. The first kappa shape index (κ1) is 24.5. The van der Waals surface area contributed by atoms with Gasteiger partial charge in [0, 0.05) is 26.7 Å². The molecule has 0 aromatic rings. The zero-order chi connectivity index (χ0) is 17.0. The summed E-state index contributed by atoms with van der Waals surface area (Å²) in [5.74, 6) is 1.54. The highest BCUT2D eigenvalue weighted by atomic mass is 127. The molecule has 0 fully saturated rings. The van der Waals surface area contributed by atoms with Gasteiger partial charge in [-0.15, -0.1) is 24.0 Å². The lowest BCUT2D eigenvalue weighted by atomic mass is 10.1. The molecule has 0 aromatic heterocycles. The molecule has 0 aliphatic rings. The lowest BCUT2D eigenvalue weighted by Gasteiger charge is -2.19. The van der Waals surface area contributed by atoms with Crippen LogP contribution in [0, 0.1) is 5.92 Å². The minimum Gasteiger partial charge on any atom is -0.444 e. The second kappa shape index (κ2) is 13.7. The van der Waals surface area contributed by atoms with E-state index < -0.39 is 5.60 Å². The predicted octanol–water partition coefficient (Wildman–Crippen LogP) is 3.12. The number of rotatable bonds is 8. The molecule has 7 heteroatoms. The maximum absolute atomic E-state index is 11.5. The third-order valence-electron chi connectivity index (χ3n) is 2.79. The summed E-state index contributed by atoms with van der Waals surface area (Å²) in [6.45, 7) is 12.3. The van der Waals surface area contributed by atoms with Crippen LogP contribution in [-0.4, -0.2) is 44.3 Å². The third-order valence-corrected chi connectivity index (χ3v) is 2.79. The molecule has 0 unspecified atom stereocenters. The van der Waals surface area contributed by atoms with Gasteiger partial charge in [0.15, 0.2) is 5.96 Å². The van der Waals surface area contributed by atoms with E-state index in [9.17, 15) is 4.79 Å². The van der Waals surface area contributed by atoms with E-state index in [0.29, 0.717) is 6.54 Å². The van der Waals surface area contributed by atoms with E-state index in [4.69, 9.17) is 4.74 Å². The molecule has 0 saturated heterocycles. The molecule has 0 heterocycles. The predicted molar refractivity (Wildman–Crippen MR) is 108 cm³/mol. The van der Waals surface area contributed by atoms with Crippen molar-refractivity contribution in [3.63, 3.8) is 0 Å². The number of amides is 1. The second-order valence-electron chi connectivity index (χ2n) is 6.74. The SMILES string of the molecule is CN=C(NCCCNC(=O)OC(C)(C)C)NCCCC(C)C.I. The van der Waals surface area contributed by atoms with Gasteiger partial charge in [0.05, 0.1) is 0 Å². The molecule has 0 saturated carbocycles. The van der Waals surface area contributed by atoms with Crippen LogP contribution >= 0.6 is 24.0 Å². The Morgan fingerprint density at radius 2 is 1.57 bits per heavy atom. The fourth-order valence-corrected chi connectivity index (χ4v) is 1.74. The van der Waals surface area contributed by atoms with Gasteiger partial charge in [0.25, 0.3) is 0 Å². The molecule has 0 atom stereocenters. The van der Waals surface area contributed by atoms with Crippen LogP contribution in [0.25, 0.3) is 0 Å². The topological polar surface area (TPSA) is 74.8 Å². The molecule has 0 rings (SSSR count). The molecule has 1 amide bonds. The molecule has 0 aromatic carbocycles. The van der Waals surface area contributed by atoms with Gasteiger partial charge in [0.1, 0.15) is 5.60 Å². The molecule has 0 bridgehead atoms. The number of ether oxygens (including phenoxy) is 1. The lowest BCUT2D eigenvalue weighted by molar-refractivity contribution is 0.0527. The van der Waals surface area contributed by atoms with E-state index in [-0.39, 0.29) is 30.1 Å². The number of nitrogens with one attached hydrogen (secondary N) is 3. The summed E-state index contributed by atoms with van der Waals surface area (Å²) in [5, 5.41) is 9.24. The molecule has 6 nitrogen and oxygen atoms in total. The summed E-state index contributed by atoms with van der Waals surface area (Å²) in [6.07, 6.45) is 2.79. The van der Waals surface area contributed by atoms with E-state index in [1.54, 1.807) is 7.05 Å². The van der Waals surface area contributed by atoms with E-state index in [1.807, 2.05) is 20.8 Å². The van der Waals surface area contributed by atoms with Crippen LogP contribution in [0.3, 0.4) is 0 Å². The molecule has 0 radical (unpaired) electrons. The summed E-state index contributed by atoms with van der Waals surface area (Å²) in [5.41, 5.74) is -0.454. The van der Waals surface area contributed by atoms with Crippen molar-refractivity contribution in [1.29, 1.82) is 0 Å². The Morgan fingerprint density at radius 3 is 2.04 bits per heavy atom.